The highest BCUT2D eigenvalue weighted by Crippen LogP contribution is 2.26. The number of halogens is 1. The lowest BCUT2D eigenvalue weighted by Crippen LogP contribution is -2.47. The Morgan fingerprint density at radius 3 is 2.64 bits per heavy atom. The van der Waals surface area contributed by atoms with Crippen LogP contribution < -0.4 is 15.0 Å². The van der Waals surface area contributed by atoms with E-state index in [1.807, 2.05) is 0 Å². The van der Waals surface area contributed by atoms with Crippen LogP contribution in [0.3, 0.4) is 0 Å². The number of hydrogen-bond donors (Lipinski definition) is 1. The van der Waals surface area contributed by atoms with Crippen molar-refractivity contribution in [1.82, 2.24) is 15.2 Å². The summed E-state index contributed by atoms with van der Waals surface area (Å²) in [5, 5.41) is 3.44. The second-order valence-corrected chi connectivity index (χ2v) is 7.71. The number of rotatable bonds is 6. The standard InChI is InChI=1S/C22H29FN4O/c1-17-14-20(15-22(25-17)18-6-7-24-16-18)27-10-8-26(9-11-27)12-13-28-21-4-2-19(23)3-5-21/h2-5,14-15,18,24H,6-13,16H2,1H3/t18-/m1/s1. The highest BCUT2D eigenvalue weighted by Gasteiger charge is 2.22. The number of nitrogens with one attached hydrogen (secondary N) is 1. The summed E-state index contributed by atoms with van der Waals surface area (Å²) >= 11 is 0. The third-order valence-electron chi connectivity index (χ3n) is 5.66. The van der Waals surface area contributed by atoms with Gasteiger partial charge in [-0.25, -0.2) is 4.39 Å². The van der Waals surface area contributed by atoms with Gasteiger partial charge >= 0.3 is 0 Å². The van der Waals surface area contributed by atoms with Crippen LogP contribution in [0.1, 0.15) is 23.7 Å². The smallest absolute Gasteiger partial charge is 0.123 e. The number of piperazine rings is 1. The molecule has 5 nitrogen and oxygen atoms in total. The number of aromatic nitrogens is 1. The zero-order chi connectivity index (χ0) is 19.3. The number of hydrogen-bond acceptors (Lipinski definition) is 5. The fourth-order valence-corrected chi connectivity index (χ4v) is 4.03. The molecule has 0 unspecified atom stereocenters. The van der Waals surface area contributed by atoms with Gasteiger partial charge in [-0.2, -0.15) is 0 Å². The zero-order valence-corrected chi connectivity index (χ0v) is 16.5. The molecule has 0 amide bonds. The van der Waals surface area contributed by atoms with Gasteiger partial charge in [0.05, 0.1) is 0 Å². The molecule has 0 radical (unpaired) electrons. The molecule has 28 heavy (non-hydrogen) atoms. The van der Waals surface area contributed by atoms with Crippen molar-refractivity contribution in [3.8, 4) is 5.75 Å². The third-order valence-corrected chi connectivity index (χ3v) is 5.66. The van der Waals surface area contributed by atoms with Crippen molar-refractivity contribution in [1.29, 1.82) is 0 Å². The summed E-state index contributed by atoms with van der Waals surface area (Å²) < 4.78 is 18.7. The number of nitrogens with zero attached hydrogens (tertiary/aromatic N) is 3. The van der Waals surface area contributed by atoms with Gasteiger partial charge in [0, 0.05) is 62.3 Å². The molecular formula is C22H29FN4O. The van der Waals surface area contributed by atoms with Crippen LogP contribution in [0.15, 0.2) is 36.4 Å². The average molecular weight is 384 g/mol. The molecule has 150 valence electrons. The predicted octanol–water partition coefficient (Wildman–Crippen LogP) is 2.81. The predicted molar refractivity (Wildman–Crippen MR) is 110 cm³/mol. The van der Waals surface area contributed by atoms with Crippen molar-refractivity contribution in [3.63, 3.8) is 0 Å². The Bertz CT molecular complexity index is 769. The normalized spacial score (nSPS) is 20.5. The number of anilines is 1. The van der Waals surface area contributed by atoms with Crippen molar-refractivity contribution < 1.29 is 9.13 Å². The van der Waals surface area contributed by atoms with Gasteiger partial charge in [0.1, 0.15) is 18.2 Å². The molecule has 2 aromatic rings. The molecule has 1 N–H and O–H groups in total. The van der Waals surface area contributed by atoms with Crippen molar-refractivity contribution in [2.24, 2.45) is 0 Å². The first-order valence-corrected chi connectivity index (χ1v) is 10.2. The molecule has 2 saturated heterocycles. The van der Waals surface area contributed by atoms with Gasteiger partial charge in [0.25, 0.3) is 0 Å². The van der Waals surface area contributed by atoms with Gasteiger partial charge in [-0.05, 0) is 56.3 Å². The first kappa shape index (κ1) is 19.2. The minimum Gasteiger partial charge on any atom is -0.492 e. The number of aryl methyl sites for hydroxylation is 1. The van der Waals surface area contributed by atoms with Gasteiger partial charge in [-0.1, -0.05) is 0 Å². The van der Waals surface area contributed by atoms with Gasteiger partial charge in [0.15, 0.2) is 0 Å². The molecule has 0 bridgehead atoms. The van der Waals surface area contributed by atoms with Gasteiger partial charge in [-0.15, -0.1) is 0 Å². The Kier molecular flexibility index (Phi) is 6.07. The fourth-order valence-electron chi connectivity index (χ4n) is 4.03. The topological polar surface area (TPSA) is 40.6 Å². The van der Waals surface area contributed by atoms with E-state index in [9.17, 15) is 4.39 Å². The second kappa shape index (κ2) is 8.88. The van der Waals surface area contributed by atoms with Gasteiger partial charge in [-0.3, -0.25) is 9.88 Å². The molecule has 0 saturated carbocycles. The summed E-state index contributed by atoms with van der Waals surface area (Å²) in [6.07, 6.45) is 1.18. The number of ether oxygens (including phenoxy) is 1. The van der Waals surface area contributed by atoms with Crippen LogP contribution in [0, 0.1) is 12.7 Å². The van der Waals surface area contributed by atoms with Crippen LogP contribution in [-0.4, -0.2) is 62.3 Å². The maximum atomic E-state index is 12.9. The Morgan fingerprint density at radius 1 is 1.14 bits per heavy atom. The molecule has 2 aliphatic rings. The van der Waals surface area contributed by atoms with E-state index >= 15 is 0 Å². The second-order valence-electron chi connectivity index (χ2n) is 7.71. The van der Waals surface area contributed by atoms with E-state index in [1.54, 1.807) is 12.1 Å². The lowest BCUT2D eigenvalue weighted by atomic mass is 10.0. The summed E-state index contributed by atoms with van der Waals surface area (Å²) in [4.78, 5) is 9.68. The van der Waals surface area contributed by atoms with Crippen LogP contribution in [0.5, 0.6) is 5.75 Å². The summed E-state index contributed by atoms with van der Waals surface area (Å²) in [7, 11) is 0. The molecule has 1 aromatic heterocycles. The van der Waals surface area contributed by atoms with E-state index in [1.165, 1.54) is 29.9 Å². The Labute approximate surface area is 166 Å². The molecule has 2 aliphatic heterocycles. The van der Waals surface area contributed by atoms with E-state index in [0.717, 1.165) is 57.3 Å². The first-order valence-electron chi connectivity index (χ1n) is 10.2. The van der Waals surface area contributed by atoms with Crippen molar-refractivity contribution in [2.75, 3.05) is 57.3 Å². The molecule has 2 fully saturated rings. The van der Waals surface area contributed by atoms with Gasteiger partial charge < -0.3 is 15.0 Å². The largest absolute Gasteiger partial charge is 0.492 e. The molecule has 6 heteroatoms. The summed E-state index contributed by atoms with van der Waals surface area (Å²) in [6, 6.07) is 10.7. The van der Waals surface area contributed by atoms with Crippen molar-refractivity contribution >= 4 is 5.69 Å². The van der Waals surface area contributed by atoms with Crippen LogP contribution in [0.4, 0.5) is 10.1 Å². The Hall–Kier alpha value is -2.18. The third kappa shape index (κ3) is 4.80. The van der Waals surface area contributed by atoms with Gasteiger partial charge in [0.2, 0.25) is 0 Å². The SMILES string of the molecule is Cc1cc(N2CCN(CCOc3ccc(F)cc3)CC2)cc([C@@H]2CCNC2)n1. The van der Waals surface area contributed by atoms with Crippen LogP contribution in [0.2, 0.25) is 0 Å². The van der Waals surface area contributed by atoms with E-state index in [2.05, 4.69) is 34.2 Å². The van der Waals surface area contributed by atoms with E-state index < -0.39 is 0 Å². The van der Waals surface area contributed by atoms with Crippen molar-refractivity contribution in [3.05, 3.63) is 53.6 Å². The minimum absolute atomic E-state index is 0.234. The summed E-state index contributed by atoms with van der Waals surface area (Å²) in [5.74, 6) is 1.03. The number of benzene rings is 1. The molecule has 4 rings (SSSR count). The number of pyridine rings is 1. The monoisotopic (exact) mass is 384 g/mol. The molecule has 0 spiro atoms. The summed E-state index contributed by atoms with van der Waals surface area (Å²) in [5.41, 5.74) is 3.64. The average Bonchev–Trinajstić information content (AvgIpc) is 3.25. The fraction of sp³-hybridized carbons (Fsp3) is 0.500. The van der Waals surface area contributed by atoms with E-state index in [4.69, 9.17) is 9.72 Å². The highest BCUT2D eigenvalue weighted by atomic mass is 19.1. The molecule has 1 atom stereocenters. The minimum atomic E-state index is -0.234. The molecule has 0 aliphatic carbocycles. The lowest BCUT2D eigenvalue weighted by Gasteiger charge is -2.36. The summed E-state index contributed by atoms with van der Waals surface area (Å²) in [6.45, 7) is 9.82. The molecule has 3 heterocycles. The van der Waals surface area contributed by atoms with E-state index in [0.29, 0.717) is 12.5 Å². The van der Waals surface area contributed by atoms with Crippen molar-refractivity contribution in [2.45, 2.75) is 19.3 Å². The Balaban J connectivity index is 1.27. The maximum absolute atomic E-state index is 12.9. The molecular weight excluding hydrogens is 355 g/mol. The molecule has 1 aromatic carbocycles. The van der Waals surface area contributed by atoms with Crippen LogP contribution >= 0.6 is 0 Å². The highest BCUT2D eigenvalue weighted by molar-refractivity contribution is 5.49. The first-order chi connectivity index (χ1) is 13.7. The van der Waals surface area contributed by atoms with E-state index in [-0.39, 0.29) is 5.82 Å². The zero-order valence-electron chi connectivity index (χ0n) is 16.5. The lowest BCUT2D eigenvalue weighted by molar-refractivity contribution is 0.200. The maximum Gasteiger partial charge on any atom is 0.123 e. The quantitative estimate of drug-likeness (QED) is 0.829. The Morgan fingerprint density at radius 2 is 1.93 bits per heavy atom. The van der Waals surface area contributed by atoms with Crippen LogP contribution in [-0.2, 0) is 0 Å². The van der Waals surface area contributed by atoms with Crippen LogP contribution in [0.25, 0.3) is 0 Å².